The zero-order valence-corrected chi connectivity index (χ0v) is 9.21. The molecule has 0 spiro atoms. The summed E-state index contributed by atoms with van der Waals surface area (Å²) in [5.41, 5.74) is 0. The van der Waals surface area contributed by atoms with Gasteiger partial charge in [0.1, 0.15) is 0 Å². The van der Waals surface area contributed by atoms with Crippen molar-refractivity contribution in [1.82, 2.24) is 5.32 Å². The molecule has 13 heavy (non-hydrogen) atoms. The fraction of sp³-hybridized carbons (Fsp3) is 1.00. The van der Waals surface area contributed by atoms with E-state index < -0.39 is 0 Å². The van der Waals surface area contributed by atoms with Gasteiger partial charge in [0.05, 0.1) is 6.61 Å². The molecule has 0 bridgehead atoms. The van der Waals surface area contributed by atoms with E-state index in [-0.39, 0.29) is 12.6 Å². The molecule has 2 unspecified atom stereocenters. The largest absolute Gasteiger partial charge is 0.395 e. The second-order valence-corrected chi connectivity index (χ2v) is 3.88. The molecule has 2 atom stereocenters. The Kier molecular flexibility index (Phi) is 7.23. The molecule has 0 amide bonds. The predicted molar refractivity (Wildman–Crippen MR) is 54.8 cm³/mol. The third kappa shape index (κ3) is 6.02. The van der Waals surface area contributed by atoms with Crippen molar-refractivity contribution in [2.75, 3.05) is 20.3 Å². The lowest BCUT2D eigenvalue weighted by Crippen LogP contribution is -2.42. The Morgan fingerprint density at radius 3 is 2.31 bits per heavy atom. The number of ether oxygens (including phenoxy) is 1. The summed E-state index contributed by atoms with van der Waals surface area (Å²) in [5.74, 6) is 0.573. The molecule has 0 radical (unpaired) electrons. The first-order valence-electron chi connectivity index (χ1n) is 4.97. The molecule has 2 N–H and O–H groups in total. The summed E-state index contributed by atoms with van der Waals surface area (Å²) in [7, 11) is 1.72. The van der Waals surface area contributed by atoms with Crippen molar-refractivity contribution in [3.8, 4) is 0 Å². The number of aliphatic hydroxyl groups excluding tert-OH is 1. The number of hydrogen-bond donors (Lipinski definition) is 2. The lowest BCUT2D eigenvalue weighted by atomic mass is 10.0. The van der Waals surface area contributed by atoms with Crippen LogP contribution >= 0.6 is 0 Å². The molecule has 0 aromatic heterocycles. The quantitative estimate of drug-likeness (QED) is 0.628. The molecule has 80 valence electrons. The van der Waals surface area contributed by atoms with Gasteiger partial charge in [-0.05, 0) is 19.3 Å². The molecular weight excluding hydrogens is 166 g/mol. The van der Waals surface area contributed by atoms with Crippen LogP contribution in [-0.4, -0.2) is 37.5 Å². The highest BCUT2D eigenvalue weighted by atomic mass is 16.5. The Hall–Kier alpha value is -0.120. The van der Waals surface area contributed by atoms with Crippen LogP contribution in [0.15, 0.2) is 0 Å². The summed E-state index contributed by atoms with van der Waals surface area (Å²) >= 11 is 0. The average Bonchev–Trinajstić information content (AvgIpc) is 2.11. The Morgan fingerprint density at radius 2 is 1.92 bits per heavy atom. The molecular formula is C10H23NO2. The van der Waals surface area contributed by atoms with E-state index in [0.29, 0.717) is 12.0 Å². The molecule has 0 heterocycles. The summed E-state index contributed by atoms with van der Waals surface area (Å²) < 4.78 is 5.04. The zero-order chi connectivity index (χ0) is 10.3. The van der Waals surface area contributed by atoms with Gasteiger partial charge in [-0.25, -0.2) is 0 Å². The van der Waals surface area contributed by atoms with Crippen LogP contribution in [0.4, 0.5) is 0 Å². The first-order chi connectivity index (χ1) is 6.11. The standard InChI is InChI=1S/C10H23NO2/c1-8(2)10(5-6-13-4)11-9(3)7-12/h8-12H,5-7H2,1-4H3. The van der Waals surface area contributed by atoms with Crippen LogP contribution in [0.25, 0.3) is 0 Å². The molecule has 3 nitrogen and oxygen atoms in total. The van der Waals surface area contributed by atoms with Crippen LogP contribution in [-0.2, 0) is 4.74 Å². The van der Waals surface area contributed by atoms with E-state index in [9.17, 15) is 0 Å². The molecule has 0 saturated carbocycles. The summed E-state index contributed by atoms with van der Waals surface area (Å²) in [5, 5.41) is 12.3. The van der Waals surface area contributed by atoms with Gasteiger partial charge < -0.3 is 15.2 Å². The maximum Gasteiger partial charge on any atom is 0.0582 e. The fourth-order valence-electron chi connectivity index (χ4n) is 1.27. The molecule has 3 heteroatoms. The van der Waals surface area contributed by atoms with Gasteiger partial charge in [0.2, 0.25) is 0 Å². The molecule has 0 saturated heterocycles. The van der Waals surface area contributed by atoms with Gasteiger partial charge in [-0.2, -0.15) is 0 Å². The van der Waals surface area contributed by atoms with Crippen LogP contribution in [0.5, 0.6) is 0 Å². The minimum absolute atomic E-state index is 0.171. The lowest BCUT2D eigenvalue weighted by Gasteiger charge is -2.25. The summed E-state index contributed by atoms with van der Waals surface area (Å²) in [4.78, 5) is 0. The van der Waals surface area contributed by atoms with E-state index in [4.69, 9.17) is 9.84 Å². The third-order valence-electron chi connectivity index (χ3n) is 2.21. The minimum Gasteiger partial charge on any atom is -0.395 e. The Bertz CT molecular complexity index is 117. The zero-order valence-electron chi connectivity index (χ0n) is 9.21. The number of hydrogen-bond acceptors (Lipinski definition) is 3. The normalized spacial score (nSPS) is 16.2. The van der Waals surface area contributed by atoms with Gasteiger partial charge in [0, 0.05) is 25.8 Å². The van der Waals surface area contributed by atoms with Gasteiger partial charge in [-0.15, -0.1) is 0 Å². The van der Waals surface area contributed by atoms with Gasteiger partial charge in [0.25, 0.3) is 0 Å². The molecule has 0 aliphatic heterocycles. The van der Waals surface area contributed by atoms with Crippen LogP contribution in [0.1, 0.15) is 27.2 Å². The van der Waals surface area contributed by atoms with Gasteiger partial charge in [-0.1, -0.05) is 13.8 Å². The second kappa shape index (κ2) is 7.30. The monoisotopic (exact) mass is 189 g/mol. The smallest absolute Gasteiger partial charge is 0.0582 e. The van der Waals surface area contributed by atoms with Crippen molar-refractivity contribution in [2.24, 2.45) is 5.92 Å². The highest BCUT2D eigenvalue weighted by Crippen LogP contribution is 2.07. The Balaban J connectivity index is 3.79. The third-order valence-corrected chi connectivity index (χ3v) is 2.21. The summed E-state index contributed by atoms with van der Waals surface area (Å²) in [6, 6.07) is 0.603. The summed E-state index contributed by atoms with van der Waals surface area (Å²) in [6.07, 6.45) is 0.999. The van der Waals surface area contributed by atoms with Crippen molar-refractivity contribution in [3.05, 3.63) is 0 Å². The first-order valence-corrected chi connectivity index (χ1v) is 4.97. The van der Waals surface area contributed by atoms with Crippen molar-refractivity contribution in [1.29, 1.82) is 0 Å². The highest BCUT2D eigenvalue weighted by Gasteiger charge is 2.14. The molecule has 0 aromatic carbocycles. The predicted octanol–water partition coefficient (Wildman–Crippen LogP) is 1.02. The maximum atomic E-state index is 8.90. The lowest BCUT2D eigenvalue weighted by molar-refractivity contribution is 0.162. The van der Waals surface area contributed by atoms with Crippen LogP contribution < -0.4 is 5.32 Å². The maximum absolute atomic E-state index is 8.90. The van der Waals surface area contributed by atoms with E-state index in [1.807, 2.05) is 6.92 Å². The van der Waals surface area contributed by atoms with Crippen LogP contribution in [0.2, 0.25) is 0 Å². The van der Waals surface area contributed by atoms with Crippen molar-refractivity contribution >= 4 is 0 Å². The molecule has 0 aliphatic rings. The SMILES string of the molecule is COCCC(NC(C)CO)C(C)C. The highest BCUT2D eigenvalue weighted by molar-refractivity contribution is 4.73. The van der Waals surface area contributed by atoms with E-state index >= 15 is 0 Å². The Labute approximate surface area is 81.5 Å². The van der Waals surface area contributed by atoms with E-state index in [2.05, 4.69) is 19.2 Å². The molecule has 0 fully saturated rings. The number of methoxy groups -OCH3 is 1. The number of nitrogens with one attached hydrogen (secondary N) is 1. The van der Waals surface area contributed by atoms with Crippen LogP contribution in [0, 0.1) is 5.92 Å². The molecule has 0 aromatic rings. The second-order valence-electron chi connectivity index (χ2n) is 3.88. The van der Waals surface area contributed by atoms with Crippen molar-refractivity contribution in [3.63, 3.8) is 0 Å². The molecule has 0 aliphatic carbocycles. The van der Waals surface area contributed by atoms with Gasteiger partial charge in [0.15, 0.2) is 0 Å². The van der Waals surface area contributed by atoms with Crippen molar-refractivity contribution < 1.29 is 9.84 Å². The van der Waals surface area contributed by atoms with Crippen molar-refractivity contribution in [2.45, 2.75) is 39.3 Å². The topological polar surface area (TPSA) is 41.5 Å². The minimum atomic E-state index is 0.171. The number of rotatable bonds is 7. The fourth-order valence-corrected chi connectivity index (χ4v) is 1.27. The summed E-state index contributed by atoms with van der Waals surface area (Å²) in [6.45, 7) is 7.31. The van der Waals surface area contributed by atoms with E-state index in [1.165, 1.54) is 0 Å². The van der Waals surface area contributed by atoms with Gasteiger partial charge >= 0.3 is 0 Å². The van der Waals surface area contributed by atoms with E-state index in [1.54, 1.807) is 7.11 Å². The van der Waals surface area contributed by atoms with Crippen LogP contribution in [0.3, 0.4) is 0 Å². The Morgan fingerprint density at radius 1 is 1.31 bits per heavy atom. The van der Waals surface area contributed by atoms with Gasteiger partial charge in [-0.3, -0.25) is 0 Å². The first kappa shape index (κ1) is 12.9. The molecule has 0 rings (SSSR count). The number of aliphatic hydroxyl groups is 1. The average molecular weight is 189 g/mol. The van der Waals surface area contributed by atoms with E-state index in [0.717, 1.165) is 13.0 Å².